The van der Waals surface area contributed by atoms with Gasteiger partial charge < -0.3 is 5.73 Å². The van der Waals surface area contributed by atoms with Crippen molar-refractivity contribution in [3.8, 4) is 0 Å². The van der Waals surface area contributed by atoms with Gasteiger partial charge >= 0.3 is 0 Å². The van der Waals surface area contributed by atoms with Crippen molar-refractivity contribution in [3.05, 3.63) is 35.4 Å². The molecular weight excluding hydrogens is 256 g/mol. The highest BCUT2D eigenvalue weighted by molar-refractivity contribution is 5.26. The van der Waals surface area contributed by atoms with Gasteiger partial charge in [-0.2, -0.15) is 0 Å². The van der Waals surface area contributed by atoms with E-state index in [1.54, 1.807) is 0 Å². The zero-order chi connectivity index (χ0) is 15.4. The molecule has 2 heteroatoms. The summed E-state index contributed by atoms with van der Waals surface area (Å²) in [7, 11) is 2.29. The first-order valence-electron chi connectivity index (χ1n) is 8.58. The van der Waals surface area contributed by atoms with Crippen molar-refractivity contribution >= 4 is 0 Å². The van der Waals surface area contributed by atoms with Crippen molar-refractivity contribution in [1.29, 1.82) is 0 Å². The molecule has 0 aliphatic heterocycles. The number of rotatable bonds is 5. The van der Waals surface area contributed by atoms with Crippen LogP contribution < -0.4 is 5.73 Å². The lowest BCUT2D eigenvalue weighted by molar-refractivity contribution is 0.0824. The van der Waals surface area contributed by atoms with Gasteiger partial charge in [-0.25, -0.2) is 0 Å². The largest absolute Gasteiger partial charge is 0.326 e. The first kappa shape index (κ1) is 16.5. The molecule has 1 fully saturated rings. The third-order valence-corrected chi connectivity index (χ3v) is 5.29. The maximum absolute atomic E-state index is 6.51. The lowest BCUT2D eigenvalue weighted by atomic mass is 9.83. The van der Waals surface area contributed by atoms with Gasteiger partial charge in [0.1, 0.15) is 0 Å². The Bertz CT molecular complexity index is 443. The second kappa shape index (κ2) is 7.42. The summed E-state index contributed by atoms with van der Waals surface area (Å²) < 4.78 is 0. The van der Waals surface area contributed by atoms with Crippen LogP contribution in [0.4, 0.5) is 0 Å². The maximum atomic E-state index is 6.51. The average Bonchev–Trinajstić information content (AvgIpc) is 2.47. The zero-order valence-corrected chi connectivity index (χ0v) is 14.2. The SMILES string of the molecule is CCC(N)C(c1cccc(C)c1)N(C)C1CCCCC1C. The highest BCUT2D eigenvalue weighted by Gasteiger charge is 2.32. The quantitative estimate of drug-likeness (QED) is 0.876. The minimum absolute atomic E-state index is 0.200. The molecule has 21 heavy (non-hydrogen) atoms. The molecule has 4 atom stereocenters. The van der Waals surface area contributed by atoms with Crippen molar-refractivity contribution in [3.63, 3.8) is 0 Å². The standard InChI is InChI=1S/C19H32N2/c1-5-17(20)19(16-11-8-9-14(2)13-16)21(4)18-12-7-6-10-15(18)3/h8-9,11,13,15,17-19H,5-7,10,12,20H2,1-4H3. The zero-order valence-electron chi connectivity index (χ0n) is 14.2. The second-order valence-corrected chi connectivity index (χ2v) is 6.93. The first-order chi connectivity index (χ1) is 10.0. The Morgan fingerprint density at radius 2 is 2.00 bits per heavy atom. The van der Waals surface area contributed by atoms with Crippen molar-refractivity contribution < 1.29 is 0 Å². The van der Waals surface area contributed by atoms with E-state index < -0.39 is 0 Å². The molecule has 4 unspecified atom stereocenters. The Balaban J connectivity index is 2.26. The molecule has 1 aliphatic rings. The summed E-state index contributed by atoms with van der Waals surface area (Å²) in [5.41, 5.74) is 9.21. The summed E-state index contributed by atoms with van der Waals surface area (Å²) in [5, 5.41) is 0. The lowest BCUT2D eigenvalue weighted by Crippen LogP contribution is -2.47. The van der Waals surface area contributed by atoms with E-state index in [-0.39, 0.29) is 6.04 Å². The summed E-state index contributed by atoms with van der Waals surface area (Å²) in [6.45, 7) is 6.78. The molecule has 0 heterocycles. The fourth-order valence-corrected chi connectivity index (χ4v) is 3.97. The van der Waals surface area contributed by atoms with Gasteiger partial charge in [0.2, 0.25) is 0 Å². The number of likely N-dealkylation sites (N-methyl/N-ethyl adjacent to an activating group) is 1. The Morgan fingerprint density at radius 1 is 1.29 bits per heavy atom. The monoisotopic (exact) mass is 288 g/mol. The van der Waals surface area contributed by atoms with Crippen LogP contribution in [0.25, 0.3) is 0 Å². The highest BCUT2D eigenvalue weighted by Crippen LogP contribution is 2.34. The minimum Gasteiger partial charge on any atom is -0.326 e. The summed E-state index contributed by atoms with van der Waals surface area (Å²) in [4.78, 5) is 2.58. The third-order valence-electron chi connectivity index (χ3n) is 5.29. The van der Waals surface area contributed by atoms with E-state index in [1.807, 2.05) is 0 Å². The topological polar surface area (TPSA) is 29.3 Å². The van der Waals surface area contributed by atoms with Crippen molar-refractivity contribution in [2.75, 3.05) is 7.05 Å². The molecule has 0 spiro atoms. The van der Waals surface area contributed by atoms with Crippen LogP contribution in [0.5, 0.6) is 0 Å². The molecule has 0 radical (unpaired) electrons. The van der Waals surface area contributed by atoms with Gasteiger partial charge in [-0.15, -0.1) is 0 Å². The van der Waals surface area contributed by atoms with E-state index >= 15 is 0 Å². The minimum atomic E-state index is 0.200. The van der Waals surface area contributed by atoms with Gasteiger partial charge in [0.25, 0.3) is 0 Å². The molecular formula is C19H32N2. The molecule has 1 saturated carbocycles. The van der Waals surface area contributed by atoms with E-state index in [4.69, 9.17) is 5.73 Å². The summed E-state index contributed by atoms with van der Waals surface area (Å²) >= 11 is 0. The lowest BCUT2D eigenvalue weighted by Gasteiger charge is -2.43. The molecule has 2 rings (SSSR count). The van der Waals surface area contributed by atoms with Crippen LogP contribution in [0.1, 0.15) is 63.1 Å². The van der Waals surface area contributed by atoms with E-state index in [2.05, 4.69) is 57.0 Å². The van der Waals surface area contributed by atoms with Crippen molar-refractivity contribution in [1.82, 2.24) is 4.90 Å². The van der Waals surface area contributed by atoms with Gasteiger partial charge in [-0.05, 0) is 44.7 Å². The second-order valence-electron chi connectivity index (χ2n) is 6.93. The van der Waals surface area contributed by atoms with Gasteiger partial charge in [0, 0.05) is 18.1 Å². The third kappa shape index (κ3) is 3.87. The van der Waals surface area contributed by atoms with Crippen LogP contribution in [-0.4, -0.2) is 24.0 Å². The Kier molecular flexibility index (Phi) is 5.83. The maximum Gasteiger partial charge on any atom is 0.0499 e. The van der Waals surface area contributed by atoms with Crippen LogP contribution in [0.2, 0.25) is 0 Å². The number of hydrogen-bond donors (Lipinski definition) is 1. The molecule has 1 aromatic rings. The number of nitrogens with two attached hydrogens (primary N) is 1. The summed E-state index contributed by atoms with van der Waals surface area (Å²) in [5.74, 6) is 0.778. The van der Waals surface area contributed by atoms with Gasteiger partial charge in [0.15, 0.2) is 0 Å². The van der Waals surface area contributed by atoms with Crippen LogP contribution in [0, 0.1) is 12.8 Å². The molecule has 1 aromatic carbocycles. The summed E-state index contributed by atoms with van der Waals surface area (Å²) in [6.07, 6.45) is 6.44. The normalized spacial score (nSPS) is 25.8. The van der Waals surface area contributed by atoms with Gasteiger partial charge in [-0.3, -0.25) is 4.90 Å². The molecule has 0 amide bonds. The molecule has 0 bridgehead atoms. The van der Waals surface area contributed by atoms with Crippen LogP contribution in [0.15, 0.2) is 24.3 Å². The number of benzene rings is 1. The Labute approximate surface area is 130 Å². The van der Waals surface area contributed by atoms with Crippen LogP contribution in [-0.2, 0) is 0 Å². The van der Waals surface area contributed by atoms with Gasteiger partial charge in [0.05, 0.1) is 0 Å². The number of nitrogens with zero attached hydrogens (tertiary/aromatic N) is 1. The van der Waals surface area contributed by atoms with Crippen LogP contribution in [0.3, 0.4) is 0 Å². The smallest absolute Gasteiger partial charge is 0.0499 e. The van der Waals surface area contributed by atoms with Crippen molar-refractivity contribution in [2.45, 2.75) is 71.0 Å². The fourth-order valence-electron chi connectivity index (χ4n) is 3.97. The van der Waals surface area contributed by atoms with E-state index in [9.17, 15) is 0 Å². The molecule has 0 saturated heterocycles. The van der Waals surface area contributed by atoms with E-state index in [1.165, 1.54) is 36.8 Å². The van der Waals surface area contributed by atoms with E-state index in [0.29, 0.717) is 12.1 Å². The molecule has 1 aliphatic carbocycles. The summed E-state index contributed by atoms with van der Waals surface area (Å²) in [6, 6.07) is 10.1. The highest BCUT2D eigenvalue weighted by atomic mass is 15.2. The number of aryl methyl sites for hydroxylation is 1. The van der Waals surface area contributed by atoms with Crippen LogP contribution >= 0.6 is 0 Å². The molecule has 2 nitrogen and oxygen atoms in total. The average molecular weight is 288 g/mol. The van der Waals surface area contributed by atoms with Gasteiger partial charge in [-0.1, -0.05) is 56.5 Å². The number of hydrogen-bond acceptors (Lipinski definition) is 2. The predicted octanol–water partition coefficient (Wildman–Crippen LogP) is 4.28. The molecule has 2 N–H and O–H groups in total. The predicted molar refractivity (Wildman–Crippen MR) is 91.4 cm³/mol. The molecule has 0 aromatic heterocycles. The molecule has 118 valence electrons. The fraction of sp³-hybridized carbons (Fsp3) is 0.684. The van der Waals surface area contributed by atoms with E-state index in [0.717, 1.165) is 12.3 Å². The van der Waals surface area contributed by atoms with Crippen molar-refractivity contribution in [2.24, 2.45) is 11.7 Å². The first-order valence-corrected chi connectivity index (χ1v) is 8.58. The Morgan fingerprint density at radius 3 is 2.62 bits per heavy atom. The Hall–Kier alpha value is -0.860.